The van der Waals surface area contributed by atoms with Crippen molar-refractivity contribution in [2.45, 2.75) is 43.7 Å². The van der Waals surface area contributed by atoms with E-state index in [1.165, 1.54) is 5.56 Å². The molecule has 0 spiro atoms. The lowest BCUT2D eigenvalue weighted by molar-refractivity contribution is 0.429. The Bertz CT molecular complexity index is 474. The molecule has 2 N–H and O–H groups in total. The molecular weight excluding hydrogens is 264 g/mol. The van der Waals surface area contributed by atoms with Crippen molar-refractivity contribution in [3.63, 3.8) is 0 Å². The van der Waals surface area contributed by atoms with Crippen LogP contribution in [0.3, 0.4) is 0 Å². The number of oxazole rings is 1. The molecule has 0 aliphatic heterocycles. The number of nitrogens with two attached hydrogens (primary N) is 1. The second-order valence-corrected chi connectivity index (χ2v) is 6.16. The Labute approximate surface area is 116 Å². The summed E-state index contributed by atoms with van der Waals surface area (Å²) < 4.78 is 5.64. The van der Waals surface area contributed by atoms with Crippen LogP contribution in [-0.4, -0.2) is 11.0 Å². The normalized spacial score (nSPS) is 14.7. The number of hydrogen-bond donors (Lipinski definition) is 1. The van der Waals surface area contributed by atoms with E-state index in [2.05, 4.69) is 28.7 Å². The summed E-state index contributed by atoms with van der Waals surface area (Å²) in [6.45, 7) is 6.00. The van der Waals surface area contributed by atoms with Crippen LogP contribution in [0.1, 0.15) is 35.6 Å². The molecule has 2 unspecified atom stereocenters. The SMILES string of the molecule is CCC(N)C(Sc1nc(C)c(C)o1)c1ccsc1. The van der Waals surface area contributed by atoms with Gasteiger partial charge in [-0.3, -0.25) is 0 Å². The predicted octanol–water partition coefficient (Wildman–Crippen LogP) is 3.92. The zero-order valence-electron chi connectivity index (χ0n) is 10.8. The van der Waals surface area contributed by atoms with Gasteiger partial charge in [0, 0.05) is 6.04 Å². The largest absolute Gasteiger partial charge is 0.437 e. The fourth-order valence-corrected chi connectivity index (χ4v) is 3.67. The van der Waals surface area contributed by atoms with Gasteiger partial charge in [-0.25, -0.2) is 4.98 Å². The summed E-state index contributed by atoms with van der Waals surface area (Å²) in [6.07, 6.45) is 0.937. The molecule has 0 saturated carbocycles. The van der Waals surface area contributed by atoms with Crippen LogP contribution in [0.5, 0.6) is 0 Å². The Kier molecular flexibility index (Phi) is 4.48. The van der Waals surface area contributed by atoms with Crippen molar-refractivity contribution in [2.75, 3.05) is 0 Å². The molecule has 0 aliphatic rings. The van der Waals surface area contributed by atoms with Crippen LogP contribution < -0.4 is 5.73 Å². The van der Waals surface area contributed by atoms with Gasteiger partial charge in [0.15, 0.2) is 0 Å². The van der Waals surface area contributed by atoms with Crippen molar-refractivity contribution in [3.05, 3.63) is 33.8 Å². The lowest BCUT2D eigenvalue weighted by Crippen LogP contribution is -2.25. The molecule has 3 nitrogen and oxygen atoms in total. The van der Waals surface area contributed by atoms with Crippen LogP contribution in [0.4, 0.5) is 0 Å². The third-order valence-corrected chi connectivity index (χ3v) is 4.92. The monoisotopic (exact) mass is 282 g/mol. The molecule has 5 heteroatoms. The molecule has 2 aromatic rings. The molecule has 0 saturated heterocycles. The highest BCUT2D eigenvalue weighted by Crippen LogP contribution is 2.38. The maximum Gasteiger partial charge on any atom is 0.256 e. The maximum atomic E-state index is 6.22. The molecule has 2 rings (SSSR count). The molecule has 2 heterocycles. The van der Waals surface area contributed by atoms with Gasteiger partial charge in [0.2, 0.25) is 0 Å². The van der Waals surface area contributed by atoms with Crippen molar-refractivity contribution in [3.8, 4) is 0 Å². The van der Waals surface area contributed by atoms with Gasteiger partial charge < -0.3 is 10.2 Å². The smallest absolute Gasteiger partial charge is 0.256 e. The lowest BCUT2D eigenvalue weighted by atomic mass is 10.1. The Hall–Kier alpha value is -0.780. The summed E-state index contributed by atoms with van der Waals surface area (Å²) in [6, 6.07) is 2.23. The molecule has 0 radical (unpaired) electrons. The van der Waals surface area contributed by atoms with Crippen LogP contribution in [-0.2, 0) is 0 Å². The van der Waals surface area contributed by atoms with E-state index in [4.69, 9.17) is 10.2 Å². The molecule has 0 amide bonds. The van der Waals surface area contributed by atoms with Crippen molar-refractivity contribution in [2.24, 2.45) is 5.73 Å². The van der Waals surface area contributed by atoms with Gasteiger partial charge in [0.05, 0.1) is 10.9 Å². The first-order valence-electron chi connectivity index (χ1n) is 6.00. The van der Waals surface area contributed by atoms with Crippen LogP contribution in [0.25, 0.3) is 0 Å². The minimum Gasteiger partial charge on any atom is -0.437 e. The predicted molar refractivity (Wildman–Crippen MR) is 77.2 cm³/mol. The average molecular weight is 282 g/mol. The third kappa shape index (κ3) is 2.96. The first-order valence-corrected chi connectivity index (χ1v) is 7.82. The molecule has 0 bridgehead atoms. The maximum absolute atomic E-state index is 6.22. The number of aryl methyl sites for hydroxylation is 2. The van der Waals surface area contributed by atoms with E-state index in [-0.39, 0.29) is 11.3 Å². The van der Waals surface area contributed by atoms with Crippen LogP contribution >= 0.6 is 23.1 Å². The Morgan fingerprint density at radius 3 is 2.78 bits per heavy atom. The molecule has 98 valence electrons. The molecule has 0 fully saturated rings. The number of aromatic nitrogens is 1. The summed E-state index contributed by atoms with van der Waals surface area (Å²) in [4.78, 5) is 4.42. The summed E-state index contributed by atoms with van der Waals surface area (Å²) in [5, 5.41) is 5.15. The molecule has 0 aromatic carbocycles. The average Bonchev–Trinajstić information content (AvgIpc) is 2.96. The van der Waals surface area contributed by atoms with E-state index in [0.29, 0.717) is 5.22 Å². The summed E-state index contributed by atoms with van der Waals surface area (Å²) in [5.41, 5.74) is 8.42. The second kappa shape index (κ2) is 5.91. The number of rotatable bonds is 5. The van der Waals surface area contributed by atoms with Gasteiger partial charge in [-0.05, 0) is 42.7 Å². The Balaban J connectivity index is 2.20. The zero-order valence-corrected chi connectivity index (χ0v) is 12.5. The Morgan fingerprint density at radius 1 is 1.50 bits per heavy atom. The van der Waals surface area contributed by atoms with E-state index in [1.807, 2.05) is 13.8 Å². The van der Waals surface area contributed by atoms with E-state index < -0.39 is 0 Å². The van der Waals surface area contributed by atoms with Gasteiger partial charge in [-0.2, -0.15) is 11.3 Å². The highest BCUT2D eigenvalue weighted by atomic mass is 32.2. The standard InChI is InChI=1S/C13H18N2OS2/c1-4-11(14)12(10-5-6-17-7-10)18-13-15-8(2)9(3)16-13/h5-7,11-12H,4,14H2,1-3H3. The number of hydrogen-bond acceptors (Lipinski definition) is 5. The summed E-state index contributed by atoms with van der Waals surface area (Å²) in [5.74, 6) is 0.881. The molecule has 2 aromatic heterocycles. The molecule has 2 atom stereocenters. The highest BCUT2D eigenvalue weighted by molar-refractivity contribution is 7.99. The number of thioether (sulfide) groups is 1. The minimum absolute atomic E-state index is 0.108. The zero-order chi connectivity index (χ0) is 13.1. The van der Waals surface area contributed by atoms with Gasteiger partial charge in [0.1, 0.15) is 5.76 Å². The van der Waals surface area contributed by atoms with Crippen molar-refractivity contribution in [1.82, 2.24) is 4.98 Å². The number of thiophene rings is 1. The van der Waals surface area contributed by atoms with Gasteiger partial charge in [-0.1, -0.05) is 18.7 Å². The topological polar surface area (TPSA) is 52.0 Å². The second-order valence-electron chi connectivity index (χ2n) is 4.29. The molecule has 0 aliphatic carbocycles. The Morgan fingerprint density at radius 2 is 2.28 bits per heavy atom. The van der Waals surface area contributed by atoms with Crippen molar-refractivity contribution in [1.29, 1.82) is 0 Å². The quantitative estimate of drug-likeness (QED) is 0.844. The highest BCUT2D eigenvalue weighted by Gasteiger charge is 2.23. The minimum atomic E-state index is 0.108. The van der Waals surface area contributed by atoms with E-state index in [0.717, 1.165) is 17.9 Å². The van der Waals surface area contributed by atoms with Gasteiger partial charge in [-0.15, -0.1) is 0 Å². The van der Waals surface area contributed by atoms with Crippen LogP contribution in [0.15, 0.2) is 26.5 Å². The van der Waals surface area contributed by atoms with E-state index >= 15 is 0 Å². The molecular formula is C13H18N2OS2. The van der Waals surface area contributed by atoms with Crippen molar-refractivity contribution >= 4 is 23.1 Å². The summed E-state index contributed by atoms with van der Waals surface area (Å²) >= 11 is 3.31. The number of nitrogens with zero attached hydrogens (tertiary/aromatic N) is 1. The first-order chi connectivity index (χ1) is 8.61. The first kappa shape index (κ1) is 13.6. The third-order valence-electron chi connectivity index (χ3n) is 2.97. The van der Waals surface area contributed by atoms with E-state index in [9.17, 15) is 0 Å². The fraction of sp³-hybridized carbons (Fsp3) is 0.462. The van der Waals surface area contributed by atoms with E-state index in [1.54, 1.807) is 23.1 Å². The lowest BCUT2D eigenvalue weighted by Gasteiger charge is -2.19. The van der Waals surface area contributed by atoms with Crippen molar-refractivity contribution < 1.29 is 4.42 Å². The van der Waals surface area contributed by atoms with Crippen LogP contribution in [0, 0.1) is 13.8 Å². The van der Waals surface area contributed by atoms with Gasteiger partial charge >= 0.3 is 0 Å². The molecule has 18 heavy (non-hydrogen) atoms. The van der Waals surface area contributed by atoms with Gasteiger partial charge in [0.25, 0.3) is 5.22 Å². The fourth-order valence-electron chi connectivity index (χ4n) is 1.66. The van der Waals surface area contributed by atoms with Crippen LogP contribution in [0.2, 0.25) is 0 Å². The summed E-state index contributed by atoms with van der Waals surface area (Å²) in [7, 11) is 0.